The molecule has 3 unspecified atom stereocenters. The van der Waals surface area contributed by atoms with Crippen LogP contribution in [0.5, 0.6) is 0 Å². The topological polar surface area (TPSA) is 43.7 Å². The first-order chi connectivity index (χ1) is 8.49. The number of halogens is 1. The average molecular weight is 314 g/mol. The molecule has 0 radical (unpaired) electrons. The minimum atomic E-state index is -0.473. The summed E-state index contributed by atoms with van der Waals surface area (Å²) in [6.45, 7) is 5.43. The van der Waals surface area contributed by atoms with Crippen molar-refractivity contribution in [2.24, 2.45) is 5.92 Å². The van der Waals surface area contributed by atoms with Gasteiger partial charge in [-0.1, -0.05) is 22.0 Å². The van der Waals surface area contributed by atoms with Crippen LogP contribution >= 0.6 is 15.9 Å². The van der Waals surface area contributed by atoms with E-state index in [0.717, 1.165) is 35.2 Å². The highest BCUT2D eigenvalue weighted by Crippen LogP contribution is 2.33. The molecular weight excluding hydrogens is 294 g/mol. The minimum absolute atomic E-state index is 0.267. The summed E-state index contributed by atoms with van der Waals surface area (Å²) in [5, 5.41) is 19.5. The lowest BCUT2D eigenvalue weighted by Crippen LogP contribution is -2.25. The zero-order chi connectivity index (χ0) is 13.3. The molecule has 1 fully saturated rings. The van der Waals surface area contributed by atoms with E-state index >= 15 is 0 Å². The third-order valence-electron chi connectivity index (χ3n) is 3.69. The molecule has 0 spiro atoms. The summed E-state index contributed by atoms with van der Waals surface area (Å²) in [6.07, 6.45) is 0.263. The maximum Gasteiger partial charge on any atom is 0.0782 e. The zero-order valence-electron chi connectivity index (χ0n) is 10.8. The Kier molecular flexibility index (Phi) is 4.30. The molecule has 1 aromatic rings. The van der Waals surface area contributed by atoms with Gasteiger partial charge >= 0.3 is 0 Å². The summed E-state index contributed by atoms with van der Waals surface area (Å²) >= 11 is 3.48. The highest BCUT2D eigenvalue weighted by atomic mass is 79.9. The third kappa shape index (κ3) is 2.87. The fourth-order valence-corrected chi connectivity index (χ4v) is 2.89. The highest BCUT2D eigenvalue weighted by Gasteiger charge is 2.27. The molecule has 1 aliphatic heterocycles. The smallest absolute Gasteiger partial charge is 0.0782 e. The lowest BCUT2D eigenvalue weighted by atomic mass is 10.0. The summed E-state index contributed by atoms with van der Waals surface area (Å²) in [5.74, 6) is 0.325. The zero-order valence-corrected chi connectivity index (χ0v) is 12.4. The van der Waals surface area contributed by atoms with Gasteiger partial charge in [0.15, 0.2) is 0 Å². The maximum absolute atomic E-state index is 9.84. The molecule has 2 N–H and O–H groups in total. The number of nitrogens with zero attached hydrogens (tertiary/aromatic N) is 1. The van der Waals surface area contributed by atoms with Crippen LogP contribution in [0.15, 0.2) is 22.7 Å². The van der Waals surface area contributed by atoms with Gasteiger partial charge in [0.05, 0.1) is 12.2 Å². The van der Waals surface area contributed by atoms with E-state index in [9.17, 15) is 10.2 Å². The van der Waals surface area contributed by atoms with E-state index in [-0.39, 0.29) is 6.10 Å². The SMILES string of the molecule is CC(O)c1ccc(Br)cc1N1CCC(C(C)O)C1. The summed E-state index contributed by atoms with van der Waals surface area (Å²) in [4.78, 5) is 2.25. The largest absolute Gasteiger partial charge is 0.393 e. The Morgan fingerprint density at radius 1 is 1.33 bits per heavy atom. The van der Waals surface area contributed by atoms with Crippen molar-refractivity contribution >= 4 is 21.6 Å². The van der Waals surface area contributed by atoms with Crippen LogP contribution in [-0.4, -0.2) is 29.4 Å². The van der Waals surface area contributed by atoms with Crippen molar-refractivity contribution in [1.29, 1.82) is 0 Å². The molecule has 1 saturated heterocycles. The number of hydrogen-bond donors (Lipinski definition) is 2. The van der Waals surface area contributed by atoms with E-state index in [1.54, 1.807) is 6.92 Å². The Morgan fingerprint density at radius 3 is 2.61 bits per heavy atom. The van der Waals surface area contributed by atoms with E-state index < -0.39 is 6.10 Å². The quantitative estimate of drug-likeness (QED) is 0.901. The molecular formula is C14H20BrNO2. The van der Waals surface area contributed by atoms with Crippen molar-refractivity contribution in [2.75, 3.05) is 18.0 Å². The predicted molar refractivity (Wildman–Crippen MR) is 76.8 cm³/mol. The number of hydrogen-bond acceptors (Lipinski definition) is 3. The molecule has 1 heterocycles. The van der Waals surface area contributed by atoms with E-state index in [2.05, 4.69) is 20.8 Å². The van der Waals surface area contributed by atoms with Gasteiger partial charge in [0.1, 0.15) is 0 Å². The molecule has 100 valence electrons. The van der Waals surface area contributed by atoms with Gasteiger partial charge < -0.3 is 15.1 Å². The Bertz CT molecular complexity index is 420. The van der Waals surface area contributed by atoms with Crippen LogP contribution in [0, 0.1) is 5.92 Å². The molecule has 1 aliphatic rings. The van der Waals surface area contributed by atoms with Crippen LogP contribution in [0.2, 0.25) is 0 Å². The Hall–Kier alpha value is -0.580. The van der Waals surface area contributed by atoms with Gasteiger partial charge in [-0.3, -0.25) is 0 Å². The number of aliphatic hydroxyl groups is 2. The van der Waals surface area contributed by atoms with Gasteiger partial charge in [0, 0.05) is 34.7 Å². The first-order valence-corrected chi connectivity index (χ1v) is 7.19. The summed E-state index contributed by atoms with van der Waals surface area (Å²) in [5.41, 5.74) is 2.02. The van der Waals surface area contributed by atoms with Crippen molar-refractivity contribution in [2.45, 2.75) is 32.5 Å². The highest BCUT2D eigenvalue weighted by molar-refractivity contribution is 9.10. The van der Waals surface area contributed by atoms with Crippen LogP contribution in [0.25, 0.3) is 0 Å². The van der Waals surface area contributed by atoms with E-state index in [1.807, 2.05) is 25.1 Å². The van der Waals surface area contributed by atoms with Gasteiger partial charge in [0.25, 0.3) is 0 Å². The normalized spacial score (nSPS) is 23.2. The summed E-state index contributed by atoms with van der Waals surface area (Å²) < 4.78 is 1.02. The second kappa shape index (κ2) is 5.59. The first kappa shape index (κ1) is 13.8. The molecule has 3 nitrogen and oxygen atoms in total. The Balaban J connectivity index is 2.25. The molecule has 3 atom stereocenters. The fraction of sp³-hybridized carbons (Fsp3) is 0.571. The van der Waals surface area contributed by atoms with Gasteiger partial charge in [-0.2, -0.15) is 0 Å². The number of anilines is 1. The molecule has 0 aliphatic carbocycles. The van der Waals surface area contributed by atoms with E-state index in [0.29, 0.717) is 5.92 Å². The van der Waals surface area contributed by atoms with Crippen molar-refractivity contribution in [3.8, 4) is 0 Å². The standard InChI is InChI=1S/C14H20BrNO2/c1-9(17)11-5-6-16(8-11)14-7-12(15)3-4-13(14)10(2)18/h3-4,7,9-11,17-18H,5-6,8H2,1-2H3. The van der Waals surface area contributed by atoms with Crippen molar-refractivity contribution in [1.82, 2.24) is 0 Å². The average Bonchev–Trinajstić information content (AvgIpc) is 2.77. The Labute approximate surface area is 117 Å². The van der Waals surface area contributed by atoms with Gasteiger partial charge in [-0.25, -0.2) is 0 Å². The lowest BCUT2D eigenvalue weighted by Gasteiger charge is -2.24. The van der Waals surface area contributed by atoms with Crippen LogP contribution in [0.3, 0.4) is 0 Å². The molecule has 4 heteroatoms. The van der Waals surface area contributed by atoms with E-state index in [4.69, 9.17) is 0 Å². The van der Waals surface area contributed by atoms with Crippen molar-refractivity contribution in [3.63, 3.8) is 0 Å². The number of rotatable bonds is 3. The summed E-state index contributed by atoms with van der Waals surface area (Å²) in [7, 11) is 0. The van der Waals surface area contributed by atoms with Crippen LogP contribution in [0.4, 0.5) is 5.69 Å². The first-order valence-electron chi connectivity index (χ1n) is 6.39. The molecule has 0 saturated carbocycles. The molecule has 2 rings (SSSR count). The van der Waals surface area contributed by atoms with Crippen LogP contribution < -0.4 is 4.90 Å². The monoisotopic (exact) mass is 313 g/mol. The second-order valence-electron chi connectivity index (χ2n) is 5.11. The molecule has 18 heavy (non-hydrogen) atoms. The third-order valence-corrected chi connectivity index (χ3v) is 4.18. The molecule has 0 bridgehead atoms. The predicted octanol–water partition coefficient (Wildman–Crippen LogP) is 2.71. The van der Waals surface area contributed by atoms with Gasteiger partial charge in [-0.05, 0) is 32.4 Å². The minimum Gasteiger partial charge on any atom is -0.393 e. The van der Waals surface area contributed by atoms with Gasteiger partial charge in [0.2, 0.25) is 0 Å². The lowest BCUT2D eigenvalue weighted by molar-refractivity contribution is 0.136. The van der Waals surface area contributed by atoms with Crippen LogP contribution in [-0.2, 0) is 0 Å². The molecule has 1 aromatic carbocycles. The second-order valence-corrected chi connectivity index (χ2v) is 6.03. The van der Waals surface area contributed by atoms with E-state index in [1.165, 1.54) is 0 Å². The fourth-order valence-electron chi connectivity index (χ4n) is 2.54. The number of benzene rings is 1. The van der Waals surface area contributed by atoms with Crippen molar-refractivity contribution < 1.29 is 10.2 Å². The van der Waals surface area contributed by atoms with Gasteiger partial charge in [-0.15, -0.1) is 0 Å². The van der Waals surface area contributed by atoms with Crippen molar-refractivity contribution in [3.05, 3.63) is 28.2 Å². The molecule has 0 amide bonds. The summed E-state index contributed by atoms with van der Waals surface area (Å²) in [6, 6.07) is 5.96. The van der Waals surface area contributed by atoms with Crippen LogP contribution in [0.1, 0.15) is 31.9 Å². The number of aliphatic hydroxyl groups excluding tert-OH is 2. The maximum atomic E-state index is 9.84. The molecule has 0 aromatic heterocycles. The Morgan fingerprint density at radius 2 is 2.06 bits per heavy atom.